The van der Waals surface area contributed by atoms with Gasteiger partial charge in [0.05, 0.1) is 0 Å². The minimum atomic E-state index is -1.10. The summed E-state index contributed by atoms with van der Waals surface area (Å²) >= 11 is 3.39. The smallest absolute Gasteiger partial charge is 0.341 e. The number of hydrogen-bond acceptors (Lipinski definition) is 3. The standard InChI is InChI=1S/C22H26BrNO4/c1-13(2)24(20(25)16-6-4-14(3)5-7-16)21-18(22(26)27)12-19(28-21)15-8-10-17(23)11-9-15/h8-14,16H,4-7H2,1-3H3,(H,26,27). The van der Waals surface area contributed by atoms with Crippen LogP contribution in [0.5, 0.6) is 0 Å². The van der Waals surface area contributed by atoms with Crippen LogP contribution in [0.3, 0.4) is 0 Å². The molecule has 1 N–H and O–H groups in total. The van der Waals surface area contributed by atoms with E-state index in [2.05, 4.69) is 22.9 Å². The number of furan rings is 1. The van der Waals surface area contributed by atoms with Crippen LogP contribution in [0, 0.1) is 11.8 Å². The van der Waals surface area contributed by atoms with Crippen molar-refractivity contribution < 1.29 is 19.1 Å². The van der Waals surface area contributed by atoms with Gasteiger partial charge in [-0.05, 0) is 57.6 Å². The number of nitrogens with zero attached hydrogens (tertiary/aromatic N) is 1. The molecule has 0 spiro atoms. The van der Waals surface area contributed by atoms with Gasteiger partial charge in [-0.2, -0.15) is 0 Å². The van der Waals surface area contributed by atoms with Crippen LogP contribution in [0.25, 0.3) is 11.3 Å². The van der Waals surface area contributed by atoms with Gasteiger partial charge in [-0.3, -0.25) is 9.69 Å². The van der Waals surface area contributed by atoms with E-state index >= 15 is 0 Å². The van der Waals surface area contributed by atoms with Gasteiger partial charge in [0.2, 0.25) is 11.8 Å². The maximum Gasteiger partial charge on any atom is 0.341 e. The van der Waals surface area contributed by atoms with Crippen molar-refractivity contribution in [1.29, 1.82) is 0 Å². The lowest BCUT2D eigenvalue weighted by atomic mass is 9.82. The SMILES string of the molecule is CC1CCC(C(=O)N(c2oc(-c3ccc(Br)cc3)cc2C(=O)O)C(C)C)CC1. The largest absolute Gasteiger partial charge is 0.477 e. The number of amides is 1. The van der Waals surface area contributed by atoms with E-state index in [-0.39, 0.29) is 29.3 Å². The summed E-state index contributed by atoms with van der Waals surface area (Å²) in [5.41, 5.74) is 0.781. The van der Waals surface area contributed by atoms with Crippen LogP contribution in [0.1, 0.15) is 56.8 Å². The van der Waals surface area contributed by atoms with E-state index in [1.54, 1.807) is 0 Å². The molecule has 6 heteroatoms. The Morgan fingerprint density at radius 1 is 1.14 bits per heavy atom. The highest BCUT2D eigenvalue weighted by atomic mass is 79.9. The van der Waals surface area contributed by atoms with Crippen LogP contribution in [-0.4, -0.2) is 23.0 Å². The molecule has 1 aromatic carbocycles. The van der Waals surface area contributed by atoms with E-state index in [4.69, 9.17) is 4.42 Å². The topological polar surface area (TPSA) is 70.8 Å². The van der Waals surface area contributed by atoms with Crippen molar-refractivity contribution in [1.82, 2.24) is 0 Å². The number of halogens is 1. The number of carbonyl (C=O) groups is 2. The first kappa shape index (κ1) is 20.6. The van der Waals surface area contributed by atoms with Crippen LogP contribution in [-0.2, 0) is 4.79 Å². The molecule has 150 valence electrons. The van der Waals surface area contributed by atoms with Gasteiger partial charge in [0, 0.05) is 28.1 Å². The van der Waals surface area contributed by atoms with Crippen molar-refractivity contribution in [3.63, 3.8) is 0 Å². The van der Waals surface area contributed by atoms with Crippen molar-refractivity contribution >= 4 is 33.7 Å². The average Bonchev–Trinajstić information content (AvgIpc) is 3.07. The number of hydrogen-bond donors (Lipinski definition) is 1. The number of anilines is 1. The fourth-order valence-corrected chi connectivity index (χ4v) is 4.03. The number of carbonyl (C=O) groups excluding carboxylic acids is 1. The lowest BCUT2D eigenvalue weighted by Crippen LogP contribution is -2.42. The molecule has 2 aromatic rings. The second-order valence-electron chi connectivity index (χ2n) is 7.90. The van der Waals surface area contributed by atoms with Gasteiger partial charge in [-0.1, -0.05) is 35.0 Å². The van der Waals surface area contributed by atoms with Crippen LogP contribution in [0.4, 0.5) is 5.88 Å². The second kappa shape index (κ2) is 8.52. The van der Waals surface area contributed by atoms with Gasteiger partial charge >= 0.3 is 5.97 Å². The molecule has 3 rings (SSSR count). The molecule has 28 heavy (non-hydrogen) atoms. The molecule has 1 aliphatic carbocycles. The fourth-order valence-electron chi connectivity index (χ4n) is 3.76. The summed E-state index contributed by atoms with van der Waals surface area (Å²) in [7, 11) is 0. The van der Waals surface area contributed by atoms with E-state index in [1.165, 1.54) is 11.0 Å². The number of rotatable bonds is 5. The van der Waals surface area contributed by atoms with E-state index in [0.717, 1.165) is 35.7 Å². The zero-order valence-corrected chi connectivity index (χ0v) is 18.0. The molecule has 0 atom stereocenters. The van der Waals surface area contributed by atoms with E-state index in [1.807, 2.05) is 38.1 Å². The van der Waals surface area contributed by atoms with Crippen LogP contribution in [0.2, 0.25) is 0 Å². The van der Waals surface area contributed by atoms with Gasteiger partial charge in [0.25, 0.3) is 0 Å². The predicted octanol–water partition coefficient (Wildman–Crippen LogP) is 5.98. The minimum absolute atomic E-state index is 0.0177. The maximum absolute atomic E-state index is 13.3. The summed E-state index contributed by atoms with van der Waals surface area (Å²) in [5.74, 6) is -0.0150. The molecule has 1 amide bonds. The van der Waals surface area contributed by atoms with E-state index in [0.29, 0.717) is 11.7 Å². The summed E-state index contributed by atoms with van der Waals surface area (Å²) in [4.78, 5) is 26.7. The maximum atomic E-state index is 13.3. The third-order valence-corrected chi connectivity index (χ3v) is 5.94. The lowest BCUT2D eigenvalue weighted by molar-refractivity contribution is -0.124. The van der Waals surface area contributed by atoms with Crippen molar-refractivity contribution in [2.24, 2.45) is 11.8 Å². The number of benzene rings is 1. The highest BCUT2D eigenvalue weighted by Crippen LogP contribution is 2.36. The van der Waals surface area contributed by atoms with Gasteiger partial charge in [-0.25, -0.2) is 4.79 Å². The quantitative estimate of drug-likeness (QED) is 0.611. The van der Waals surface area contributed by atoms with Gasteiger partial charge in [0.15, 0.2) is 0 Å². The Bertz CT molecular complexity index is 848. The van der Waals surface area contributed by atoms with Crippen LogP contribution < -0.4 is 4.90 Å². The Balaban J connectivity index is 1.99. The van der Waals surface area contributed by atoms with E-state index < -0.39 is 5.97 Å². The molecule has 0 radical (unpaired) electrons. The number of carboxylic acids is 1. The Kier molecular flexibility index (Phi) is 6.28. The van der Waals surface area contributed by atoms with Crippen molar-refractivity contribution in [2.45, 2.75) is 52.5 Å². The molecule has 0 aliphatic heterocycles. The number of aromatic carboxylic acids is 1. The van der Waals surface area contributed by atoms with Gasteiger partial charge in [0.1, 0.15) is 11.3 Å². The van der Waals surface area contributed by atoms with Gasteiger partial charge in [-0.15, -0.1) is 0 Å². The third kappa shape index (κ3) is 4.32. The monoisotopic (exact) mass is 447 g/mol. The summed E-state index contributed by atoms with van der Waals surface area (Å²) in [6.45, 7) is 5.98. The predicted molar refractivity (Wildman–Crippen MR) is 113 cm³/mol. The molecule has 0 bridgehead atoms. The highest BCUT2D eigenvalue weighted by molar-refractivity contribution is 9.10. The molecule has 1 saturated carbocycles. The molecule has 5 nitrogen and oxygen atoms in total. The summed E-state index contributed by atoms with van der Waals surface area (Å²) < 4.78 is 6.89. The second-order valence-corrected chi connectivity index (χ2v) is 8.82. The number of carboxylic acid groups (broad SMARTS) is 1. The zero-order valence-electron chi connectivity index (χ0n) is 16.4. The average molecular weight is 448 g/mol. The first-order valence-corrected chi connectivity index (χ1v) is 10.5. The molecule has 1 aliphatic rings. The van der Waals surface area contributed by atoms with Crippen molar-refractivity contribution in [3.8, 4) is 11.3 Å². The van der Waals surface area contributed by atoms with Crippen LogP contribution in [0.15, 0.2) is 39.2 Å². The summed E-state index contributed by atoms with van der Waals surface area (Å²) in [6, 6.07) is 8.74. The molecule has 1 fully saturated rings. The molecule has 1 heterocycles. The molecule has 0 saturated heterocycles. The van der Waals surface area contributed by atoms with Crippen molar-refractivity contribution in [2.75, 3.05) is 4.90 Å². The fraction of sp³-hybridized carbons (Fsp3) is 0.455. The Hall–Kier alpha value is -2.08. The third-order valence-electron chi connectivity index (χ3n) is 5.41. The Morgan fingerprint density at radius 3 is 2.29 bits per heavy atom. The summed E-state index contributed by atoms with van der Waals surface area (Å²) in [5, 5.41) is 9.72. The zero-order chi connectivity index (χ0) is 20.4. The molecule has 1 aromatic heterocycles. The first-order chi connectivity index (χ1) is 13.3. The van der Waals surface area contributed by atoms with E-state index in [9.17, 15) is 14.7 Å². The van der Waals surface area contributed by atoms with Crippen molar-refractivity contribution in [3.05, 3.63) is 40.4 Å². The highest BCUT2D eigenvalue weighted by Gasteiger charge is 2.34. The molecular formula is C22H26BrNO4. The minimum Gasteiger partial charge on any atom is -0.477 e. The van der Waals surface area contributed by atoms with Gasteiger partial charge < -0.3 is 9.52 Å². The first-order valence-electron chi connectivity index (χ1n) is 9.74. The summed E-state index contributed by atoms with van der Waals surface area (Å²) in [6.07, 6.45) is 3.73. The normalized spacial score (nSPS) is 19.6. The molecular weight excluding hydrogens is 422 g/mol. The van der Waals surface area contributed by atoms with Crippen LogP contribution >= 0.6 is 15.9 Å². The Morgan fingerprint density at radius 2 is 1.75 bits per heavy atom. The molecule has 0 unspecified atom stereocenters. The lowest BCUT2D eigenvalue weighted by Gasteiger charge is -2.32. The Labute approximate surface area is 173 Å².